The zero-order valence-electron chi connectivity index (χ0n) is 19.4. The smallest absolute Gasteiger partial charge is 0.256 e. The molecule has 0 aliphatic carbocycles. The van der Waals surface area contributed by atoms with E-state index in [-0.39, 0.29) is 30.2 Å². The zero-order chi connectivity index (χ0) is 24.1. The number of benzene rings is 2. The number of rotatable bonds is 7. The predicted molar refractivity (Wildman–Crippen MR) is 129 cm³/mol. The highest BCUT2D eigenvalue weighted by Crippen LogP contribution is 2.34. The number of amides is 2. The minimum atomic E-state index is -0.288. The topological polar surface area (TPSA) is 103 Å². The number of anilines is 1. The summed E-state index contributed by atoms with van der Waals surface area (Å²) in [5.41, 5.74) is 1.23. The quantitative estimate of drug-likeness (QED) is 0.577. The Kier molecular flexibility index (Phi) is 7.10. The minimum Gasteiger partial charge on any atom is -0.493 e. The third-order valence-electron chi connectivity index (χ3n) is 5.98. The largest absolute Gasteiger partial charge is 0.493 e. The minimum absolute atomic E-state index is 0.103. The van der Waals surface area contributed by atoms with Crippen LogP contribution in [0.1, 0.15) is 36.0 Å². The molecule has 34 heavy (non-hydrogen) atoms. The third kappa shape index (κ3) is 4.88. The lowest BCUT2D eigenvalue weighted by Gasteiger charge is -2.28. The number of fused-ring (bicyclic) bond motifs is 1. The van der Waals surface area contributed by atoms with Gasteiger partial charge in [-0.2, -0.15) is 5.10 Å². The molecule has 0 unspecified atom stereocenters. The van der Waals surface area contributed by atoms with Gasteiger partial charge in [-0.25, -0.2) is 0 Å². The van der Waals surface area contributed by atoms with Crippen molar-refractivity contribution in [3.63, 3.8) is 0 Å². The van der Waals surface area contributed by atoms with E-state index < -0.39 is 0 Å². The Morgan fingerprint density at radius 2 is 1.74 bits per heavy atom. The molecule has 1 aliphatic heterocycles. The molecule has 0 radical (unpaired) electrons. The van der Waals surface area contributed by atoms with Crippen LogP contribution in [0.25, 0.3) is 10.9 Å². The van der Waals surface area contributed by atoms with E-state index in [2.05, 4.69) is 10.4 Å². The molecule has 9 heteroatoms. The van der Waals surface area contributed by atoms with Crippen LogP contribution in [0.15, 0.2) is 47.4 Å². The fraction of sp³-hybridized carbons (Fsp3) is 0.360. The summed E-state index contributed by atoms with van der Waals surface area (Å²) in [6, 6.07) is 10.4. The summed E-state index contributed by atoms with van der Waals surface area (Å²) >= 11 is 0. The number of piperidine rings is 1. The van der Waals surface area contributed by atoms with Crippen LogP contribution in [0, 0.1) is 0 Å². The molecule has 2 heterocycles. The van der Waals surface area contributed by atoms with Gasteiger partial charge in [-0.15, -0.1) is 0 Å². The number of para-hydroxylation sites is 1. The van der Waals surface area contributed by atoms with Crippen LogP contribution >= 0.6 is 0 Å². The molecule has 2 amide bonds. The van der Waals surface area contributed by atoms with Gasteiger partial charge in [0.2, 0.25) is 11.3 Å². The fourth-order valence-electron chi connectivity index (χ4n) is 4.19. The van der Waals surface area contributed by atoms with E-state index in [1.165, 1.54) is 20.4 Å². The van der Waals surface area contributed by atoms with Gasteiger partial charge < -0.3 is 19.7 Å². The van der Waals surface area contributed by atoms with E-state index in [9.17, 15) is 14.4 Å². The van der Waals surface area contributed by atoms with Crippen LogP contribution < -0.4 is 20.2 Å². The van der Waals surface area contributed by atoms with Crippen molar-refractivity contribution in [1.82, 2.24) is 14.7 Å². The van der Waals surface area contributed by atoms with Crippen LogP contribution in [0.4, 0.5) is 5.69 Å². The summed E-state index contributed by atoms with van der Waals surface area (Å²) in [4.78, 5) is 40.0. The highest BCUT2D eigenvalue weighted by molar-refractivity contribution is 6.04. The second-order valence-corrected chi connectivity index (χ2v) is 8.15. The summed E-state index contributed by atoms with van der Waals surface area (Å²) in [6.07, 6.45) is 4.38. The van der Waals surface area contributed by atoms with Crippen molar-refractivity contribution >= 4 is 28.4 Å². The summed E-state index contributed by atoms with van der Waals surface area (Å²) in [5.74, 6) is 0.402. The van der Waals surface area contributed by atoms with Crippen molar-refractivity contribution < 1.29 is 19.1 Å². The molecule has 4 rings (SSSR count). The predicted octanol–water partition coefficient (Wildman–Crippen LogP) is 3.07. The molecular weight excluding hydrogens is 436 g/mol. The molecule has 1 saturated heterocycles. The summed E-state index contributed by atoms with van der Waals surface area (Å²) < 4.78 is 12.4. The van der Waals surface area contributed by atoms with Crippen molar-refractivity contribution in [2.75, 3.05) is 32.6 Å². The van der Waals surface area contributed by atoms with Crippen molar-refractivity contribution in [3.05, 3.63) is 58.4 Å². The van der Waals surface area contributed by atoms with Gasteiger partial charge in [-0.1, -0.05) is 12.1 Å². The number of carbonyl (C=O) groups is 2. The number of hydrogen-bond acceptors (Lipinski definition) is 6. The number of hydrogen-bond donors (Lipinski definition) is 1. The molecule has 0 bridgehead atoms. The molecule has 9 nitrogen and oxygen atoms in total. The molecule has 1 N–H and O–H groups in total. The normalized spacial score (nSPS) is 13.5. The molecule has 1 aromatic heterocycles. The molecule has 2 aromatic carbocycles. The lowest BCUT2D eigenvalue weighted by atomic mass is 10.1. The second-order valence-electron chi connectivity index (χ2n) is 8.15. The number of methoxy groups -OCH3 is 2. The van der Waals surface area contributed by atoms with Gasteiger partial charge in [-0.05, 0) is 37.5 Å². The maximum Gasteiger partial charge on any atom is 0.256 e. The average molecular weight is 465 g/mol. The van der Waals surface area contributed by atoms with Crippen LogP contribution in [0.3, 0.4) is 0 Å². The van der Waals surface area contributed by atoms with E-state index in [0.29, 0.717) is 46.7 Å². The Labute approximate surface area is 197 Å². The molecule has 1 aliphatic rings. The van der Waals surface area contributed by atoms with E-state index in [1.54, 1.807) is 39.9 Å². The summed E-state index contributed by atoms with van der Waals surface area (Å²) in [5, 5.41) is 7.58. The number of aromatic nitrogens is 2. The lowest BCUT2D eigenvalue weighted by Crippen LogP contribution is -2.36. The Hall–Kier alpha value is -3.88. The van der Waals surface area contributed by atoms with E-state index in [1.807, 2.05) is 6.07 Å². The zero-order valence-corrected chi connectivity index (χ0v) is 19.4. The summed E-state index contributed by atoms with van der Waals surface area (Å²) in [6.45, 7) is 1.65. The molecule has 1 fully saturated rings. The first kappa shape index (κ1) is 23.3. The van der Waals surface area contributed by atoms with Gasteiger partial charge in [-0.3, -0.25) is 19.1 Å². The maximum atomic E-state index is 13.3. The molecule has 0 atom stereocenters. The van der Waals surface area contributed by atoms with Crippen molar-refractivity contribution in [2.45, 2.75) is 32.2 Å². The average Bonchev–Trinajstić information content (AvgIpc) is 2.88. The number of nitrogens with zero attached hydrogens (tertiary/aromatic N) is 3. The SMILES string of the molecule is COc1cc(NC(=O)CCn2ncc(=O)c3ccccc32)c(C(=O)N2CCCCC2)cc1OC. The third-order valence-corrected chi connectivity index (χ3v) is 5.98. The van der Waals surface area contributed by atoms with Gasteiger partial charge in [0.05, 0.1) is 43.7 Å². The number of aryl methyl sites for hydroxylation is 1. The highest BCUT2D eigenvalue weighted by Gasteiger charge is 2.24. The van der Waals surface area contributed by atoms with Crippen molar-refractivity contribution in [2.24, 2.45) is 0 Å². The van der Waals surface area contributed by atoms with Gasteiger partial charge in [0.15, 0.2) is 11.5 Å². The maximum absolute atomic E-state index is 13.3. The van der Waals surface area contributed by atoms with Crippen LogP contribution in [0.5, 0.6) is 11.5 Å². The number of carbonyl (C=O) groups excluding carboxylic acids is 2. The number of nitrogens with one attached hydrogen (secondary N) is 1. The number of ether oxygens (including phenoxy) is 2. The number of likely N-dealkylation sites (tertiary alicyclic amines) is 1. The Morgan fingerprint density at radius 1 is 1.03 bits per heavy atom. The van der Waals surface area contributed by atoms with E-state index in [4.69, 9.17) is 9.47 Å². The van der Waals surface area contributed by atoms with Gasteiger partial charge in [0, 0.05) is 31.0 Å². The Bertz CT molecular complexity index is 1260. The molecule has 0 saturated carbocycles. The second kappa shape index (κ2) is 10.4. The fourth-order valence-corrected chi connectivity index (χ4v) is 4.19. The van der Waals surface area contributed by atoms with Gasteiger partial charge in [0.25, 0.3) is 5.91 Å². The molecule has 178 valence electrons. The molecule has 0 spiro atoms. The monoisotopic (exact) mass is 464 g/mol. The first-order valence-electron chi connectivity index (χ1n) is 11.3. The summed E-state index contributed by atoms with van der Waals surface area (Å²) in [7, 11) is 3.01. The van der Waals surface area contributed by atoms with E-state index >= 15 is 0 Å². The lowest BCUT2D eigenvalue weighted by molar-refractivity contribution is -0.116. The Balaban J connectivity index is 1.56. The van der Waals surface area contributed by atoms with Crippen molar-refractivity contribution in [3.8, 4) is 11.5 Å². The van der Waals surface area contributed by atoms with E-state index in [0.717, 1.165) is 19.3 Å². The first-order chi connectivity index (χ1) is 16.5. The molecule has 3 aromatic rings. The van der Waals surface area contributed by atoms with Gasteiger partial charge in [0.1, 0.15) is 0 Å². The standard InChI is InChI=1S/C25H28N4O5/c1-33-22-14-18(25(32)28-11-6-3-7-12-28)19(15-23(22)34-2)27-24(31)10-13-29-20-9-5-4-8-17(20)21(30)16-26-29/h4-5,8-9,14-16H,3,6-7,10-13H2,1-2H3,(H,27,31). The van der Waals surface area contributed by atoms with Crippen LogP contribution in [-0.2, 0) is 11.3 Å². The molecular formula is C25H28N4O5. The van der Waals surface area contributed by atoms with Crippen LogP contribution in [-0.4, -0.2) is 53.8 Å². The Morgan fingerprint density at radius 3 is 2.47 bits per heavy atom. The van der Waals surface area contributed by atoms with Crippen molar-refractivity contribution in [1.29, 1.82) is 0 Å². The van der Waals surface area contributed by atoms with Gasteiger partial charge >= 0.3 is 0 Å². The van der Waals surface area contributed by atoms with Crippen LogP contribution in [0.2, 0.25) is 0 Å². The first-order valence-corrected chi connectivity index (χ1v) is 11.3. The highest BCUT2D eigenvalue weighted by atomic mass is 16.5.